The zero-order valence-electron chi connectivity index (χ0n) is 16.3. The molecule has 0 aliphatic carbocycles. The van der Waals surface area contributed by atoms with E-state index in [1.165, 1.54) is 22.5 Å². The maximum Gasteiger partial charge on any atom is 0.451 e. The van der Waals surface area contributed by atoms with Crippen LogP contribution in [0.5, 0.6) is 0 Å². The summed E-state index contributed by atoms with van der Waals surface area (Å²) >= 11 is 1.24. The first-order chi connectivity index (χ1) is 14.4. The van der Waals surface area contributed by atoms with E-state index < -0.39 is 12.0 Å². The molecular weight excluding hydrogens is 407 g/mol. The summed E-state index contributed by atoms with van der Waals surface area (Å²) in [6, 6.07) is 22.1. The Balaban J connectivity index is 1.60. The van der Waals surface area contributed by atoms with Crippen molar-refractivity contribution in [3.63, 3.8) is 0 Å². The highest BCUT2D eigenvalue weighted by atomic mass is 32.1. The average Bonchev–Trinajstić information content (AvgIpc) is 3.12. The van der Waals surface area contributed by atoms with Crippen molar-refractivity contribution in [3.8, 4) is 0 Å². The monoisotopic (exact) mass is 427 g/mol. The van der Waals surface area contributed by atoms with Crippen molar-refractivity contribution in [2.75, 3.05) is 11.9 Å². The number of aromatic nitrogens is 2. The quantitative estimate of drug-likeness (QED) is 0.374. The fourth-order valence-electron chi connectivity index (χ4n) is 3.53. The number of nitrogens with zero attached hydrogens (tertiary/aromatic N) is 2. The van der Waals surface area contributed by atoms with E-state index in [-0.39, 0.29) is 11.7 Å². The standard InChI is InChI=1S/C23H20F3N3S/c1-15-14-19-20(28-22(23(24,25)26)29-21(19)30-15)27-13-12-18(16-8-4-2-5-9-16)17-10-6-3-7-11-17/h2-11,14,18H,12-13H2,1H3,(H,27,28,29). The number of halogens is 3. The lowest BCUT2D eigenvalue weighted by Gasteiger charge is -2.19. The number of fused-ring (bicyclic) bond motifs is 1. The number of hydrogen-bond donors (Lipinski definition) is 1. The SMILES string of the molecule is Cc1cc2c(NCCC(c3ccccc3)c3ccccc3)nc(C(F)(F)F)nc2s1. The first kappa shape index (κ1) is 20.3. The maximum absolute atomic E-state index is 13.2. The minimum Gasteiger partial charge on any atom is -0.369 e. The molecule has 0 aliphatic heterocycles. The number of anilines is 1. The molecule has 0 aliphatic rings. The van der Waals surface area contributed by atoms with E-state index in [9.17, 15) is 13.2 Å². The smallest absolute Gasteiger partial charge is 0.369 e. The number of nitrogens with one attached hydrogen (secondary N) is 1. The Morgan fingerprint density at radius 3 is 2.10 bits per heavy atom. The topological polar surface area (TPSA) is 37.8 Å². The molecule has 0 amide bonds. The first-order valence-electron chi connectivity index (χ1n) is 9.61. The van der Waals surface area contributed by atoms with Crippen molar-refractivity contribution in [1.29, 1.82) is 0 Å². The van der Waals surface area contributed by atoms with Gasteiger partial charge in [-0.25, -0.2) is 9.97 Å². The van der Waals surface area contributed by atoms with Gasteiger partial charge in [0.2, 0.25) is 5.82 Å². The van der Waals surface area contributed by atoms with Crippen molar-refractivity contribution >= 4 is 27.4 Å². The van der Waals surface area contributed by atoms with Crippen LogP contribution in [0.2, 0.25) is 0 Å². The van der Waals surface area contributed by atoms with Crippen LogP contribution in [0, 0.1) is 6.92 Å². The van der Waals surface area contributed by atoms with Gasteiger partial charge in [-0.2, -0.15) is 13.2 Å². The lowest BCUT2D eigenvalue weighted by atomic mass is 9.88. The van der Waals surface area contributed by atoms with E-state index in [1.54, 1.807) is 0 Å². The van der Waals surface area contributed by atoms with Gasteiger partial charge in [-0.3, -0.25) is 0 Å². The van der Waals surface area contributed by atoms with Gasteiger partial charge in [-0.1, -0.05) is 60.7 Å². The van der Waals surface area contributed by atoms with E-state index in [2.05, 4.69) is 39.6 Å². The van der Waals surface area contributed by atoms with Crippen molar-refractivity contribution in [1.82, 2.24) is 9.97 Å². The molecule has 2 heterocycles. The molecule has 3 nitrogen and oxygen atoms in total. The Labute approximate surface area is 176 Å². The summed E-state index contributed by atoms with van der Waals surface area (Å²) in [6.07, 6.45) is -3.87. The molecule has 0 fully saturated rings. The number of benzene rings is 2. The zero-order chi connectivity index (χ0) is 21.1. The van der Waals surface area contributed by atoms with Crippen LogP contribution < -0.4 is 5.32 Å². The second-order valence-corrected chi connectivity index (χ2v) is 8.29. The minimum absolute atomic E-state index is 0.128. The zero-order valence-corrected chi connectivity index (χ0v) is 17.1. The predicted molar refractivity (Wildman–Crippen MR) is 115 cm³/mol. The number of hydrogen-bond acceptors (Lipinski definition) is 4. The van der Waals surface area contributed by atoms with E-state index in [0.29, 0.717) is 23.2 Å². The molecular formula is C23H20F3N3S. The molecule has 0 spiro atoms. The summed E-state index contributed by atoms with van der Waals surface area (Å²) in [5, 5.41) is 3.77. The number of aryl methyl sites for hydroxylation is 1. The molecule has 2 aromatic heterocycles. The van der Waals surface area contributed by atoms with Gasteiger partial charge in [0.05, 0.1) is 5.39 Å². The van der Waals surface area contributed by atoms with Gasteiger partial charge in [0.25, 0.3) is 0 Å². The Kier molecular flexibility index (Phi) is 5.72. The molecule has 2 aromatic carbocycles. The van der Waals surface area contributed by atoms with Crippen LogP contribution in [-0.4, -0.2) is 16.5 Å². The van der Waals surface area contributed by atoms with Crippen molar-refractivity contribution in [2.24, 2.45) is 0 Å². The molecule has 0 atom stereocenters. The molecule has 0 saturated carbocycles. The second kappa shape index (κ2) is 8.44. The normalized spacial score (nSPS) is 11.9. The van der Waals surface area contributed by atoms with Gasteiger partial charge in [-0.05, 0) is 30.5 Å². The van der Waals surface area contributed by atoms with Crippen LogP contribution in [0.25, 0.3) is 10.2 Å². The number of rotatable bonds is 6. The first-order valence-corrected chi connectivity index (χ1v) is 10.4. The van der Waals surface area contributed by atoms with Crippen LogP contribution in [-0.2, 0) is 6.18 Å². The maximum atomic E-state index is 13.2. The highest BCUT2D eigenvalue weighted by Gasteiger charge is 2.36. The van der Waals surface area contributed by atoms with Crippen LogP contribution in [0.1, 0.15) is 34.2 Å². The summed E-state index contributed by atoms with van der Waals surface area (Å²) in [5.41, 5.74) is 2.33. The molecule has 30 heavy (non-hydrogen) atoms. The fraction of sp³-hybridized carbons (Fsp3) is 0.217. The van der Waals surface area contributed by atoms with Crippen LogP contribution in [0.3, 0.4) is 0 Å². The largest absolute Gasteiger partial charge is 0.451 e. The van der Waals surface area contributed by atoms with Gasteiger partial charge in [0.1, 0.15) is 10.6 Å². The predicted octanol–water partition coefficient (Wildman–Crippen LogP) is 6.65. The van der Waals surface area contributed by atoms with E-state index in [0.717, 1.165) is 4.88 Å². The van der Waals surface area contributed by atoms with Gasteiger partial charge >= 0.3 is 6.18 Å². The third-order valence-corrected chi connectivity index (χ3v) is 5.84. The highest BCUT2D eigenvalue weighted by Crippen LogP contribution is 2.34. The number of alkyl halides is 3. The van der Waals surface area contributed by atoms with Gasteiger partial charge in [0, 0.05) is 17.3 Å². The third-order valence-electron chi connectivity index (χ3n) is 4.90. The van der Waals surface area contributed by atoms with Gasteiger partial charge in [0.15, 0.2) is 0 Å². The molecule has 154 valence electrons. The van der Waals surface area contributed by atoms with Gasteiger partial charge in [-0.15, -0.1) is 11.3 Å². The van der Waals surface area contributed by atoms with Crippen LogP contribution >= 0.6 is 11.3 Å². The molecule has 0 radical (unpaired) electrons. The second-order valence-electron chi connectivity index (χ2n) is 7.06. The molecule has 7 heteroatoms. The number of thiophene rings is 1. The van der Waals surface area contributed by atoms with Crippen LogP contribution in [0.15, 0.2) is 66.7 Å². The average molecular weight is 427 g/mol. The van der Waals surface area contributed by atoms with E-state index in [4.69, 9.17) is 0 Å². The fourth-order valence-corrected chi connectivity index (χ4v) is 4.41. The summed E-state index contributed by atoms with van der Waals surface area (Å²) in [6.45, 7) is 2.33. The highest BCUT2D eigenvalue weighted by molar-refractivity contribution is 7.18. The van der Waals surface area contributed by atoms with Crippen molar-refractivity contribution in [3.05, 3.63) is 88.6 Å². The third kappa shape index (κ3) is 4.46. The molecule has 4 aromatic rings. The van der Waals surface area contributed by atoms with Crippen molar-refractivity contribution in [2.45, 2.75) is 25.4 Å². The molecule has 0 unspecified atom stereocenters. The lowest BCUT2D eigenvalue weighted by Crippen LogP contribution is -2.15. The summed E-state index contributed by atoms with van der Waals surface area (Å²) in [7, 11) is 0. The molecule has 1 N–H and O–H groups in total. The Bertz CT molecular complexity index is 1090. The van der Waals surface area contributed by atoms with E-state index in [1.807, 2.05) is 49.4 Å². The minimum atomic E-state index is -4.58. The summed E-state index contributed by atoms with van der Waals surface area (Å²) < 4.78 is 39.7. The Hall–Kier alpha value is -2.93. The molecule has 0 saturated heterocycles. The Morgan fingerprint density at radius 2 is 1.53 bits per heavy atom. The van der Waals surface area contributed by atoms with Crippen molar-refractivity contribution < 1.29 is 13.2 Å². The molecule has 0 bridgehead atoms. The Morgan fingerprint density at radius 1 is 0.933 bits per heavy atom. The van der Waals surface area contributed by atoms with E-state index >= 15 is 0 Å². The molecule has 4 rings (SSSR count). The lowest BCUT2D eigenvalue weighted by molar-refractivity contribution is -0.144. The summed E-state index contributed by atoms with van der Waals surface area (Å²) in [4.78, 5) is 8.74. The van der Waals surface area contributed by atoms with Crippen LogP contribution in [0.4, 0.5) is 19.0 Å². The van der Waals surface area contributed by atoms with Gasteiger partial charge < -0.3 is 5.32 Å². The summed E-state index contributed by atoms with van der Waals surface area (Å²) in [5.74, 6) is -0.748.